The molecule has 1 aliphatic heterocycles. The van der Waals surface area contributed by atoms with Crippen molar-refractivity contribution in [1.82, 2.24) is 10.2 Å². The minimum absolute atomic E-state index is 0.00508. The summed E-state index contributed by atoms with van der Waals surface area (Å²) in [5.74, 6) is 0.0974. The van der Waals surface area contributed by atoms with Crippen LogP contribution in [0.1, 0.15) is 60.8 Å². The Morgan fingerprint density at radius 1 is 1.14 bits per heavy atom. The van der Waals surface area contributed by atoms with E-state index in [2.05, 4.69) is 12.2 Å². The fourth-order valence-electron chi connectivity index (χ4n) is 2.17. The van der Waals surface area contributed by atoms with Crippen LogP contribution in [0, 0.1) is 5.92 Å². The monoisotopic (exact) mass is 298 g/mol. The van der Waals surface area contributed by atoms with E-state index in [4.69, 9.17) is 4.74 Å². The first-order valence-corrected chi connectivity index (χ1v) is 7.84. The fourth-order valence-corrected chi connectivity index (χ4v) is 2.17. The molecule has 1 heterocycles. The van der Waals surface area contributed by atoms with Crippen molar-refractivity contribution in [2.75, 3.05) is 13.1 Å². The Balaban J connectivity index is 2.45. The molecule has 2 amide bonds. The van der Waals surface area contributed by atoms with Crippen molar-refractivity contribution in [2.24, 2.45) is 5.92 Å². The first-order valence-electron chi connectivity index (χ1n) is 7.84. The van der Waals surface area contributed by atoms with Crippen LogP contribution in [-0.4, -0.2) is 41.1 Å². The number of rotatable bonds is 3. The Labute approximate surface area is 128 Å². The van der Waals surface area contributed by atoms with Gasteiger partial charge in [-0.2, -0.15) is 0 Å². The van der Waals surface area contributed by atoms with Gasteiger partial charge in [-0.05, 0) is 53.9 Å². The average Bonchev–Trinajstić information content (AvgIpc) is 2.36. The van der Waals surface area contributed by atoms with Crippen LogP contribution in [0.15, 0.2) is 0 Å². The van der Waals surface area contributed by atoms with E-state index in [0.717, 1.165) is 6.42 Å². The quantitative estimate of drug-likeness (QED) is 0.871. The van der Waals surface area contributed by atoms with E-state index in [-0.39, 0.29) is 23.5 Å². The van der Waals surface area contributed by atoms with Crippen LogP contribution in [0.2, 0.25) is 0 Å². The standard InChI is InChI=1S/C16H30N2O3/c1-7-16(5,6)17-13(19)12-8-10-18(11-9-12)14(20)21-15(2,3)4/h12H,7-11H2,1-6H3,(H,17,19). The normalized spacial score (nSPS) is 17.5. The number of nitrogens with zero attached hydrogens (tertiary/aromatic N) is 1. The number of carbonyl (C=O) groups is 2. The number of hydrogen-bond acceptors (Lipinski definition) is 3. The molecule has 5 nitrogen and oxygen atoms in total. The molecule has 0 aliphatic carbocycles. The number of carbonyl (C=O) groups excluding carboxylic acids is 2. The number of piperidine rings is 1. The largest absolute Gasteiger partial charge is 0.444 e. The van der Waals surface area contributed by atoms with E-state index in [1.807, 2.05) is 34.6 Å². The first-order chi connectivity index (χ1) is 9.54. The third kappa shape index (κ3) is 5.94. The lowest BCUT2D eigenvalue weighted by Gasteiger charge is -2.34. The molecule has 0 aromatic heterocycles. The second-order valence-corrected chi connectivity index (χ2v) is 7.47. The van der Waals surface area contributed by atoms with Gasteiger partial charge in [0.2, 0.25) is 5.91 Å². The van der Waals surface area contributed by atoms with Gasteiger partial charge < -0.3 is 15.0 Å². The zero-order valence-electron chi connectivity index (χ0n) is 14.3. The molecule has 1 N–H and O–H groups in total. The third-order valence-corrected chi connectivity index (χ3v) is 3.86. The predicted molar refractivity (Wildman–Crippen MR) is 83.0 cm³/mol. The highest BCUT2D eigenvalue weighted by Gasteiger charge is 2.31. The lowest BCUT2D eigenvalue weighted by molar-refractivity contribution is -0.128. The van der Waals surface area contributed by atoms with E-state index < -0.39 is 5.60 Å². The Morgan fingerprint density at radius 3 is 2.10 bits per heavy atom. The van der Waals surface area contributed by atoms with Crippen LogP contribution in [0.4, 0.5) is 4.79 Å². The highest BCUT2D eigenvalue weighted by Crippen LogP contribution is 2.21. The second-order valence-electron chi connectivity index (χ2n) is 7.47. The summed E-state index contributed by atoms with van der Waals surface area (Å²) in [5.41, 5.74) is -0.643. The predicted octanol–water partition coefficient (Wildman–Crippen LogP) is 2.94. The summed E-state index contributed by atoms with van der Waals surface area (Å²) in [6, 6.07) is 0. The maximum atomic E-state index is 12.2. The van der Waals surface area contributed by atoms with Crippen molar-refractivity contribution in [2.45, 2.75) is 71.9 Å². The van der Waals surface area contributed by atoms with Crippen molar-refractivity contribution < 1.29 is 14.3 Å². The minimum Gasteiger partial charge on any atom is -0.444 e. The Bertz CT molecular complexity index is 377. The van der Waals surface area contributed by atoms with Gasteiger partial charge in [0.1, 0.15) is 5.60 Å². The van der Waals surface area contributed by atoms with Crippen molar-refractivity contribution in [3.05, 3.63) is 0 Å². The summed E-state index contributed by atoms with van der Waals surface area (Å²) >= 11 is 0. The lowest BCUT2D eigenvalue weighted by Crippen LogP contribution is -2.49. The molecule has 0 aromatic rings. The zero-order chi connectivity index (χ0) is 16.3. The zero-order valence-corrected chi connectivity index (χ0v) is 14.3. The highest BCUT2D eigenvalue weighted by atomic mass is 16.6. The maximum absolute atomic E-state index is 12.2. The van der Waals surface area contributed by atoms with E-state index in [1.165, 1.54) is 0 Å². The third-order valence-electron chi connectivity index (χ3n) is 3.86. The van der Waals surface area contributed by atoms with Crippen molar-refractivity contribution in [1.29, 1.82) is 0 Å². The summed E-state index contributed by atoms with van der Waals surface area (Å²) in [6.07, 6.45) is 2.01. The second kappa shape index (κ2) is 6.67. The van der Waals surface area contributed by atoms with Gasteiger partial charge in [0.15, 0.2) is 0 Å². The number of nitrogens with one attached hydrogen (secondary N) is 1. The van der Waals surface area contributed by atoms with Gasteiger partial charge in [-0.1, -0.05) is 6.92 Å². The van der Waals surface area contributed by atoms with Crippen LogP contribution in [-0.2, 0) is 9.53 Å². The summed E-state index contributed by atoms with van der Waals surface area (Å²) in [4.78, 5) is 25.9. The summed E-state index contributed by atoms with van der Waals surface area (Å²) in [6.45, 7) is 12.9. The number of likely N-dealkylation sites (tertiary alicyclic amines) is 1. The van der Waals surface area contributed by atoms with Gasteiger partial charge >= 0.3 is 6.09 Å². The van der Waals surface area contributed by atoms with Gasteiger partial charge in [0.05, 0.1) is 0 Å². The van der Waals surface area contributed by atoms with Gasteiger partial charge in [0, 0.05) is 24.5 Å². The first kappa shape index (κ1) is 17.8. The maximum Gasteiger partial charge on any atom is 0.410 e. The van der Waals surface area contributed by atoms with Crippen LogP contribution in [0.5, 0.6) is 0 Å². The summed E-state index contributed by atoms with van der Waals surface area (Å²) in [7, 11) is 0. The van der Waals surface area contributed by atoms with Crippen LogP contribution in [0.25, 0.3) is 0 Å². The fraction of sp³-hybridized carbons (Fsp3) is 0.875. The van der Waals surface area contributed by atoms with Crippen LogP contribution < -0.4 is 5.32 Å². The Kier molecular flexibility index (Phi) is 5.65. The molecule has 1 fully saturated rings. The van der Waals surface area contributed by atoms with Crippen molar-refractivity contribution >= 4 is 12.0 Å². The van der Waals surface area contributed by atoms with Gasteiger partial charge in [0.25, 0.3) is 0 Å². The molecule has 0 aromatic carbocycles. The van der Waals surface area contributed by atoms with E-state index in [1.54, 1.807) is 4.90 Å². The molecular weight excluding hydrogens is 268 g/mol. The molecular formula is C16H30N2O3. The molecule has 0 saturated carbocycles. The number of hydrogen-bond donors (Lipinski definition) is 1. The molecule has 1 aliphatic rings. The number of ether oxygens (including phenoxy) is 1. The average molecular weight is 298 g/mol. The van der Waals surface area contributed by atoms with Crippen molar-refractivity contribution in [3.8, 4) is 0 Å². The molecule has 1 rings (SSSR count). The van der Waals surface area contributed by atoms with Gasteiger partial charge in [-0.3, -0.25) is 4.79 Å². The molecule has 5 heteroatoms. The van der Waals surface area contributed by atoms with E-state index in [0.29, 0.717) is 25.9 Å². The number of amides is 2. The van der Waals surface area contributed by atoms with Crippen LogP contribution in [0.3, 0.4) is 0 Å². The van der Waals surface area contributed by atoms with Gasteiger partial charge in [-0.15, -0.1) is 0 Å². The van der Waals surface area contributed by atoms with Crippen molar-refractivity contribution in [3.63, 3.8) is 0 Å². The summed E-state index contributed by atoms with van der Waals surface area (Å²) < 4.78 is 5.36. The molecule has 0 unspecified atom stereocenters. The SMILES string of the molecule is CCC(C)(C)NC(=O)C1CCN(C(=O)OC(C)(C)C)CC1. The van der Waals surface area contributed by atoms with E-state index in [9.17, 15) is 9.59 Å². The molecule has 1 saturated heterocycles. The minimum atomic E-state index is -0.476. The van der Waals surface area contributed by atoms with E-state index >= 15 is 0 Å². The lowest BCUT2D eigenvalue weighted by atomic mass is 9.93. The Hall–Kier alpha value is -1.26. The van der Waals surface area contributed by atoms with Gasteiger partial charge in [-0.25, -0.2) is 4.79 Å². The molecule has 0 radical (unpaired) electrons. The topological polar surface area (TPSA) is 58.6 Å². The van der Waals surface area contributed by atoms with Crippen LogP contribution >= 0.6 is 0 Å². The highest BCUT2D eigenvalue weighted by molar-refractivity contribution is 5.79. The Morgan fingerprint density at radius 2 is 1.67 bits per heavy atom. The molecule has 0 spiro atoms. The molecule has 122 valence electrons. The molecule has 0 bridgehead atoms. The summed E-state index contributed by atoms with van der Waals surface area (Å²) in [5, 5.41) is 3.08. The molecule has 0 atom stereocenters. The smallest absolute Gasteiger partial charge is 0.410 e. The molecule has 21 heavy (non-hydrogen) atoms.